The van der Waals surface area contributed by atoms with Crippen molar-refractivity contribution in [2.45, 2.75) is 32.7 Å². The van der Waals surface area contributed by atoms with Gasteiger partial charge in [0, 0.05) is 28.3 Å². The number of halogens is 1. The van der Waals surface area contributed by atoms with E-state index in [0.717, 1.165) is 16.9 Å². The molecule has 1 aliphatic carbocycles. The van der Waals surface area contributed by atoms with Crippen LogP contribution in [-0.4, -0.2) is 33.0 Å². The summed E-state index contributed by atoms with van der Waals surface area (Å²) in [4.78, 5) is 30.2. The Morgan fingerprint density at radius 3 is 2.21 bits per heavy atom. The first-order valence-corrected chi connectivity index (χ1v) is 13.1. The average Bonchev–Trinajstić information content (AvgIpc) is 3.05. The van der Waals surface area contributed by atoms with Gasteiger partial charge in [0.25, 0.3) is 5.91 Å². The summed E-state index contributed by atoms with van der Waals surface area (Å²) in [6.07, 6.45) is 1.04. The van der Waals surface area contributed by atoms with E-state index in [1.807, 2.05) is 36.4 Å². The van der Waals surface area contributed by atoms with Crippen molar-refractivity contribution < 1.29 is 23.8 Å². The third-order valence-electron chi connectivity index (χ3n) is 7.22. The van der Waals surface area contributed by atoms with Gasteiger partial charge in [-0.3, -0.25) is 14.5 Å². The maximum Gasteiger partial charge on any atom is 0.259 e. The van der Waals surface area contributed by atoms with E-state index >= 15 is 0 Å². The molecule has 3 aromatic rings. The van der Waals surface area contributed by atoms with Crippen LogP contribution in [0.2, 0.25) is 5.02 Å². The van der Waals surface area contributed by atoms with E-state index in [1.165, 1.54) is 21.3 Å². The molecule has 5 rings (SSSR count). The number of benzene rings is 3. The molecule has 0 unspecified atom stereocenters. The molecule has 0 aromatic heterocycles. The fourth-order valence-corrected chi connectivity index (χ4v) is 5.64. The summed E-state index contributed by atoms with van der Waals surface area (Å²) in [6, 6.07) is 17.5. The Bertz CT molecular complexity index is 1450. The molecule has 0 bridgehead atoms. The van der Waals surface area contributed by atoms with Gasteiger partial charge in [0.2, 0.25) is 5.75 Å². The Hall–Kier alpha value is -3.97. The molecule has 1 aliphatic heterocycles. The Labute approximate surface area is 233 Å². The molecule has 0 spiro atoms. The third kappa shape index (κ3) is 4.83. The molecule has 0 saturated carbocycles. The summed E-state index contributed by atoms with van der Waals surface area (Å²) >= 11 is 6.25. The molecule has 39 heavy (non-hydrogen) atoms. The molecular weight excluding hydrogens is 516 g/mol. The highest BCUT2D eigenvalue weighted by Crippen LogP contribution is 2.49. The summed E-state index contributed by atoms with van der Waals surface area (Å²) < 4.78 is 16.5. The Morgan fingerprint density at radius 2 is 1.59 bits per heavy atom. The van der Waals surface area contributed by atoms with Crippen molar-refractivity contribution in [2.24, 2.45) is 5.41 Å². The number of anilines is 2. The molecule has 2 aliphatic rings. The van der Waals surface area contributed by atoms with Gasteiger partial charge < -0.3 is 19.5 Å². The van der Waals surface area contributed by atoms with E-state index in [9.17, 15) is 9.59 Å². The lowest BCUT2D eigenvalue weighted by atomic mass is 9.73. The van der Waals surface area contributed by atoms with Crippen LogP contribution in [0.4, 0.5) is 11.4 Å². The van der Waals surface area contributed by atoms with Gasteiger partial charge in [0.15, 0.2) is 17.3 Å². The predicted octanol–water partition coefficient (Wildman–Crippen LogP) is 6.82. The van der Waals surface area contributed by atoms with Gasteiger partial charge >= 0.3 is 0 Å². The standard InChI is InChI=1S/C31H31ClN2O5/c1-31(2)16-22-27(24(35)17-31)28(18-10-12-20(32)13-11-18)34(23-9-7-6-8-21(23)33-22)30(36)19-14-25(37-3)29(39-5)26(15-19)38-4/h6-15,28,33H,16-17H2,1-5H3/t28-/m1/s1. The number of nitrogens with zero attached hydrogens (tertiary/aromatic N) is 1. The number of ketones is 1. The van der Waals surface area contributed by atoms with Gasteiger partial charge in [0.05, 0.1) is 38.7 Å². The second kappa shape index (κ2) is 10.3. The van der Waals surface area contributed by atoms with Crippen LogP contribution in [0, 0.1) is 5.41 Å². The molecule has 202 valence electrons. The number of hydrogen-bond donors (Lipinski definition) is 1. The Kier molecular flexibility index (Phi) is 7.03. The number of nitrogens with one attached hydrogen (secondary N) is 1. The quantitative estimate of drug-likeness (QED) is 0.378. The number of hydrogen-bond acceptors (Lipinski definition) is 6. The van der Waals surface area contributed by atoms with Crippen LogP contribution in [0.5, 0.6) is 17.2 Å². The van der Waals surface area contributed by atoms with Crippen LogP contribution in [0.15, 0.2) is 71.9 Å². The molecule has 1 atom stereocenters. The SMILES string of the molecule is COc1cc(C(=O)N2c3ccccc3NC3=C(C(=O)CC(C)(C)C3)[C@H]2c2ccc(Cl)cc2)cc(OC)c1OC. The van der Waals surface area contributed by atoms with Crippen molar-refractivity contribution in [3.8, 4) is 17.2 Å². The zero-order valence-corrected chi connectivity index (χ0v) is 23.4. The van der Waals surface area contributed by atoms with E-state index in [1.54, 1.807) is 29.2 Å². The smallest absolute Gasteiger partial charge is 0.259 e. The third-order valence-corrected chi connectivity index (χ3v) is 7.47. The highest BCUT2D eigenvalue weighted by Gasteiger charge is 2.43. The lowest BCUT2D eigenvalue weighted by Crippen LogP contribution is -2.39. The number of allylic oxidation sites excluding steroid dienone is 1. The fourth-order valence-electron chi connectivity index (χ4n) is 5.51. The maximum atomic E-state index is 14.6. The van der Waals surface area contributed by atoms with E-state index in [2.05, 4.69) is 19.2 Å². The van der Waals surface area contributed by atoms with Gasteiger partial charge in [0.1, 0.15) is 0 Å². The summed E-state index contributed by atoms with van der Waals surface area (Å²) in [7, 11) is 4.53. The number of methoxy groups -OCH3 is 3. The molecule has 3 aromatic carbocycles. The molecule has 0 saturated heterocycles. The van der Waals surface area contributed by atoms with Crippen molar-refractivity contribution in [3.05, 3.63) is 88.1 Å². The Balaban J connectivity index is 1.78. The molecule has 1 heterocycles. The molecule has 1 N–H and O–H groups in total. The van der Waals surface area contributed by atoms with Crippen LogP contribution in [0.3, 0.4) is 0 Å². The average molecular weight is 547 g/mol. The highest BCUT2D eigenvalue weighted by molar-refractivity contribution is 6.30. The first-order valence-electron chi connectivity index (χ1n) is 12.7. The van der Waals surface area contributed by atoms with Gasteiger partial charge in [-0.05, 0) is 53.8 Å². The summed E-state index contributed by atoms with van der Waals surface area (Å²) in [6.45, 7) is 4.17. The van der Waals surface area contributed by atoms with Crippen molar-refractivity contribution in [2.75, 3.05) is 31.5 Å². The van der Waals surface area contributed by atoms with Crippen LogP contribution in [0.1, 0.15) is 48.7 Å². The van der Waals surface area contributed by atoms with Crippen LogP contribution < -0.4 is 24.4 Å². The van der Waals surface area contributed by atoms with Gasteiger partial charge in [-0.25, -0.2) is 0 Å². The maximum absolute atomic E-state index is 14.6. The number of fused-ring (bicyclic) bond motifs is 1. The number of carbonyl (C=O) groups is 2. The second-order valence-electron chi connectivity index (χ2n) is 10.5. The second-order valence-corrected chi connectivity index (χ2v) is 11.0. The largest absolute Gasteiger partial charge is 0.493 e. The van der Waals surface area contributed by atoms with Crippen molar-refractivity contribution in [3.63, 3.8) is 0 Å². The van der Waals surface area contributed by atoms with Crippen LogP contribution in [0.25, 0.3) is 0 Å². The van der Waals surface area contributed by atoms with Crippen LogP contribution >= 0.6 is 11.6 Å². The minimum absolute atomic E-state index is 0.00389. The zero-order chi connectivity index (χ0) is 27.9. The molecule has 0 fully saturated rings. The zero-order valence-electron chi connectivity index (χ0n) is 22.6. The monoisotopic (exact) mass is 546 g/mol. The summed E-state index contributed by atoms with van der Waals surface area (Å²) in [5.74, 6) is 0.789. The lowest BCUT2D eigenvalue weighted by molar-refractivity contribution is -0.118. The number of Topliss-reactive ketones (excluding diaryl/α,β-unsaturated/α-hetero) is 1. The first-order chi connectivity index (χ1) is 18.7. The minimum Gasteiger partial charge on any atom is -0.493 e. The van der Waals surface area contributed by atoms with E-state index in [-0.39, 0.29) is 17.1 Å². The summed E-state index contributed by atoms with van der Waals surface area (Å²) in [5, 5.41) is 4.10. The lowest BCUT2D eigenvalue weighted by Gasteiger charge is -2.37. The number of carbonyl (C=O) groups excluding carboxylic acids is 2. The minimum atomic E-state index is -0.691. The number of ether oxygens (including phenoxy) is 3. The molecule has 7 nitrogen and oxygen atoms in total. The first kappa shape index (κ1) is 26.6. The van der Waals surface area contributed by atoms with E-state index in [0.29, 0.717) is 51.9 Å². The van der Waals surface area contributed by atoms with Crippen molar-refractivity contribution in [1.82, 2.24) is 0 Å². The summed E-state index contributed by atoms with van der Waals surface area (Å²) in [5.41, 5.74) is 3.67. The van der Waals surface area contributed by atoms with Crippen molar-refractivity contribution in [1.29, 1.82) is 0 Å². The normalized spacial score (nSPS) is 17.9. The molecular formula is C31H31ClN2O5. The number of amides is 1. The van der Waals surface area contributed by atoms with Crippen LogP contribution in [-0.2, 0) is 4.79 Å². The fraction of sp³-hybridized carbons (Fsp3) is 0.290. The van der Waals surface area contributed by atoms with Gasteiger partial charge in [-0.15, -0.1) is 0 Å². The number of rotatable bonds is 5. The van der Waals surface area contributed by atoms with E-state index in [4.69, 9.17) is 25.8 Å². The molecule has 8 heteroatoms. The van der Waals surface area contributed by atoms with Gasteiger partial charge in [-0.1, -0.05) is 49.7 Å². The van der Waals surface area contributed by atoms with Gasteiger partial charge in [-0.2, -0.15) is 0 Å². The number of para-hydroxylation sites is 2. The predicted molar refractivity (Wildman–Crippen MR) is 152 cm³/mol. The Morgan fingerprint density at radius 1 is 0.949 bits per heavy atom. The highest BCUT2D eigenvalue weighted by atomic mass is 35.5. The molecule has 0 radical (unpaired) electrons. The van der Waals surface area contributed by atoms with E-state index < -0.39 is 6.04 Å². The van der Waals surface area contributed by atoms with Crippen molar-refractivity contribution >= 4 is 34.7 Å². The topological polar surface area (TPSA) is 77.1 Å². The molecule has 1 amide bonds.